The number of carbonyl (C=O) groups is 2. The summed E-state index contributed by atoms with van der Waals surface area (Å²) in [6.07, 6.45) is 0. The highest BCUT2D eigenvalue weighted by Crippen LogP contribution is 2.38. The molecule has 2 atom stereocenters. The number of likely N-dealkylation sites (tertiary alicyclic amines) is 1. The molecule has 2 amide bonds. The maximum Gasteiger partial charge on any atom is 0.253 e. The van der Waals surface area contributed by atoms with Crippen LogP contribution < -0.4 is 10.1 Å². The van der Waals surface area contributed by atoms with E-state index in [1.807, 2.05) is 84.9 Å². The van der Waals surface area contributed by atoms with Gasteiger partial charge in [-0.2, -0.15) is 0 Å². The highest BCUT2D eigenvalue weighted by atomic mass is 16.5. The first-order valence-electron chi connectivity index (χ1n) is 10.5. The summed E-state index contributed by atoms with van der Waals surface area (Å²) < 4.78 is 5.56. The molecule has 0 radical (unpaired) electrons. The van der Waals surface area contributed by atoms with Crippen LogP contribution in [0.4, 0.5) is 0 Å². The van der Waals surface area contributed by atoms with E-state index in [9.17, 15) is 9.59 Å². The van der Waals surface area contributed by atoms with Crippen molar-refractivity contribution in [1.29, 1.82) is 0 Å². The second kappa shape index (κ2) is 9.47. The Balaban J connectivity index is 1.58. The SMILES string of the molecule is COc1ccccc1[C@H]1CN(C(=O)c2ccccc2)C[C@@H]1C(=O)NCc1ccccc1. The Bertz CT molecular complexity index is 1040. The van der Waals surface area contributed by atoms with Gasteiger partial charge in [0, 0.05) is 31.1 Å². The fraction of sp³-hybridized carbons (Fsp3) is 0.231. The van der Waals surface area contributed by atoms with Gasteiger partial charge >= 0.3 is 0 Å². The molecular weight excluding hydrogens is 388 g/mol. The van der Waals surface area contributed by atoms with Crippen LogP contribution in [0, 0.1) is 5.92 Å². The molecule has 1 fully saturated rings. The number of hydrogen-bond donors (Lipinski definition) is 1. The molecule has 1 aliphatic heterocycles. The second-order valence-corrected chi connectivity index (χ2v) is 7.73. The van der Waals surface area contributed by atoms with Gasteiger partial charge in [-0.05, 0) is 29.3 Å². The molecule has 0 bridgehead atoms. The van der Waals surface area contributed by atoms with Gasteiger partial charge in [-0.15, -0.1) is 0 Å². The van der Waals surface area contributed by atoms with Crippen molar-refractivity contribution >= 4 is 11.8 Å². The number of hydrogen-bond acceptors (Lipinski definition) is 3. The molecule has 0 unspecified atom stereocenters. The first-order valence-corrected chi connectivity index (χ1v) is 10.5. The fourth-order valence-corrected chi connectivity index (χ4v) is 4.20. The number of benzene rings is 3. The van der Waals surface area contributed by atoms with E-state index in [0.717, 1.165) is 16.9 Å². The van der Waals surface area contributed by atoms with Crippen LogP contribution >= 0.6 is 0 Å². The number of para-hydroxylation sites is 1. The Hall–Kier alpha value is -3.60. The maximum absolute atomic E-state index is 13.2. The van der Waals surface area contributed by atoms with Crippen molar-refractivity contribution in [1.82, 2.24) is 10.2 Å². The molecule has 1 heterocycles. The van der Waals surface area contributed by atoms with Crippen LogP contribution in [0.3, 0.4) is 0 Å². The minimum Gasteiger partial charge on any atom is -0.496 e. The molecule has 5 heteroatoms. The first-order chi connectivity index (χ1) is 15.2. The quantitative estimate of drug-likeness (QED) is 0.666. The van der Waals surface area contributed by atoms with Crippen molar-refractivity contribution in [2.75, 3.05) is 20.2 Å². The summed E-state index contributed by atoms with van der Waals surface area (Å²) in [7, 11) is 1.63. The lowest BCUT2D eigenvalue weighted by atomic mass is 9.87. The molecule has 1 saturated heterocycles. The lowest BCUT2D eigenvalue weighted by Gasteiger charge is -2.20. The Morgan fingerprint density at radius 3 is 2.26 bits per heavy atom. The van der Waals surface area contributed by atoms with Crippen molar-refractivity contribution < 1.29 is 14.3 Å². The average molecular weight is 415 g/mol. The van der Waals surface area contributed by atoms with Gasteiger partial charge in [0.15, 0.2) is 0 Å². The van der Waals surface area contributed by atoms with Crippen LogP contribution in [-0.2, 0) is 11.3 Å². The van der Waals surface area contributed by atoms with Gasteiger partial charge in [0.2, 0.25) is 5.91 Å². The molecule has 5 nitrogen and oxygen atoms in total. The topological polar surface area (TPSA) is 58.6 Å². The largest absolute Gasteiger partial charge is 0.496 e. The van der Waals surface area contributed by atoms with E-state index >= 15 is 0 Å². The number of carbonyl (C=O) groups excluding carboxylic acids is 2. The van der Waals surface area contributed by atoms with Crippen LogP contribution in [0.15, 0.2) is 84.9 Å². The van der Waals surface area contributed by atoms with E-state index in [1.165, 1.54) is 0 Å². The molecule has 0 saturated carbocycles. The summed E-state index contributed by atoms with van der Waals surface area (Å²) in [6, 6.07) is 26.8. The van der Waals surface area contributed by atoms with Crippen molar-refractivity contribution in [2.45, 2.75) is 12.5 Å². The lowest BCUT2D eigenvalue weighted by molar-refractivity contribution is -0.125. The minimum atomic E-state index is -0.354. The zero-order valence-corrected chi connectivity index (χ0v) is 17.5. The van der Waals surface area contributed by atoms with Crippen LogP contribution in [0.25, 0.3) is 0 Å². The average Bonchev–Trinajstić information content (AvgIpc) is 3.28. The van der Waals surface area contributed by atoms with Gasteiger partial charge in [-0.25, -0.2) is 0 Å². The highest BCUT2D eigenvalue weighted by Gasteiger charge is 2.41. The van der Waals surface area contributed by atoms with Crippen molar-refractivity contribution in [3.8, 4) is 5.75 Å². The van der Waals surface area contributed by atoms with E-state index < -0.39 is 0 Å². The van der Waals surface area contributed by atoms with E-state index in [1.54, 1.807) is 12.0 Å². The summed E-state index contributed by atoms with van der Waals surface area (Å²) >= 11 is 0. The molecule has 158 valence electrons. The summed E-state index contributed by atoms with van der Waals surface area (Å²) in [6.45, 7) is 1.30. The molecule has 4 rings (SSSR count). The first kappa shape index (κ1) is 20.7. The number of nitrogens with zero attached hydrogens (tertiary/aromatic N) is 1. The second-order valence-electron chi connectivity index (χ2n) is 7.73. The maximum atomic E-state index is 13.2. The molecule has 31 heavy (non-hydrogen) atoms. The van der Waals surface area contributed by atoms with E-state index in [4.69, 9.17) is 4.74 Å². The van der Waals surface area contributed by atoms with Crippen LogP contribution in [0.5, 0.6) is 5.75 Å². The van der Waals surface area contributed by atoms with Gasteiger partial charge < -0.3 is 15.0 Å². The van der Waals surface area contributed by atoms with E-state index in [2.05, 4.69) is 5.32 Å². The summed E-state index contributed by atoms with van der Waals surface area (Å²) in [5.41, 5.74) is 2.62. The third-order valence-electron chi connectivity index (χ3n) is 5.81. The number of ether oxygens (including phenoxy) is 1. The van der Waals surface area contributed by atoms with Crippen molar-refractivity contribution in [3.05, 3.63) is 102 Å². The van der Waals surface area contributed by atoms with Crippen molar-refractivity contribution in [2.24, 2.45) is 5.92 Å². The number of rotatable bonds is 6. The standard InChI is InChI=1S/C26H26N2O3/c1-31-24-15-9-8-14-21(24)22-17-28(26(30)20-12-6-3-7-13-20)18-23(22)25(29)27-16-19-10-4-2-5-11-19/h2-15,22-23H,16-18H2,1H3,(H,27,29)/t22-,23+/m1/s1. The Morgan fingerprint density at radius 2 is 1.55 bits per heavy atom. The highest BCUT2D eigenvalue weighted by molar-refractivity contribution is 5.95. The number of methoxy groups -OCH3 is 1. The Kier molecular flexibility index (Phi) is 6.32. The van der Waals surface area contributed by atoms with Gasteiger partial charge in [0.05, 0.1) is 13.0 Å². The zero-order chi connectivity index (χ0) is 21.6. The van der Waals surface area contributed by atoms with Crippen molar-refractivity contribution in [3.63, 3.8) is 0 Å². The summed E-state index contributed by atoms with van der Waals surface area (Å²) in [5, 5.41) is 3.06. The van der Waals surface area contributed by atoms with Crippen LogP contribution in [0.2, 0.25) is 0 Å². The van der Waals surface area contributed by atoms with Crippen LogP contribution in [-0.4, -0.2) is 36.9 Å². The van der Waals surface area contributed by atoms with Gasteiger partial charge in [0.25, 0.3) is 5.91 Å². The Labute approximate surface area is 182 Å². The molecule has 1 aliphatic rings. The number of nitrogens with one attached hydrogen (secondary N) is 1. The predicted molar refractivity (Wildman–Crippen MR) is 120 cm³/mol. The molecule has 0 aliphatic carbocycles. The van der Waals surface area contributed by atoms with E-state index in [0.29, 0.717) is 25.2 Å². The zero-order valence-electron chi connectivity index (χ0n) is 17.5. The van der Waals surface area contributed by atoms with Gasteiger partial charge in [-0.3, -0.25) is 9.59 Å². The molecule has 3 aromatic rings. The van der Waals surface area contributed by atoms with Crippen LogP contribution in [0.1, 0.15) is 27.4 Å². The van der Waals surface area contributed by atoms with E-state index in [-0.39, 0.29) is 23.7 Å². The number of amides is 2. The normalized spacial score (nSPS) is 17.9. The third-order valence-corrected chi connectivity index (χ3v) is 5.81. The summed E-state index contributed by atoms with van der Waals surface area (Å²) in [5.74, 6) is 0.136. The molecule has 0 aromatic heterocycles. The lowest BCUT2D eigenvalue weighted by Crippen LogP contribution is -2.35. The minimum absolute atomic E-state index is 0.0527. The molecule has 3 aromatic carbocycles. The summed E-state index contributed by atoms with van der Waals surface area (Å²) in [4.78, 5) is 28.1. The third kappa shape index (κ3) is 4.61. The smallest absolute Gasteiger partial charge is 0.253 e. The molecular formula is C26H26N2O3. The molecule has 1 N–H and O–H groups in total. The van der Waals surface area contributed by atoms with Gasteiger partial charge in [-0.1, -0.05) is 66.7 Å². The van der Waals surface area contributed by atoms with Gasteiger partial charge in [0.1, 0.15) is 5.75 Å². The predicted octanol–water partition coefficient (Wildman–Crippen LogP) is 3.87. The Morgan fingerprint density at radius 1 is 0.903 bits per heavy atom. The molecule has 0 spiro atoms. The monoisotopic (exact) mass is 414 g/mol. The fourth-order valence-electron chi connectivity index (χ4n) is 4.20.